The van der Waals surface area contributed by atoms with E-state index in [1.54, 1.807) is 6.92 Å². The highest BCUT2D eigenvalue weighted by Gasteiger charge is 1.97. The first-order valence-electron chi connectivity index (χ1n) is 4.60. The van der Waals surface area contributed by atoms with Crippen molar-refractivity contribution >= 4 is 5.69 Å². The molecular formula is C11H14N2O. The Morgan fingerprint density at radius 3 is 3.00 bits per heavy atom. The van der Waals surface area contributed by atoms with E-state index >= 15 is 0 Å². The largest absolute Gasteiger partial charge is 0.392 e. The van der Waals surface area contributed by atoms with Crippen LogP contribution in [0.25, 0.3) is 0 Å². The van der Waals surface area contributed by atoms with Gasteiger partial charge >= 0.3 is 0 Å². The second-order valence-corrected chi connectivity index (χ2v) is 3.27. The summed E-state index contributed by atoms with van der Waals surface area (Å²) in [5.41, 5.74) is 1.93. The van der Waals surface area contributed by atoms with Crippen molar-refractivity contribution in [3.05, 3.63) is 29.8 Å². The average molecular weight is 190 g/mol. The monoisotopic (exact) mass is 190 g/mol. The lowest BCUT2D eigenvalue weighted by molar-refractivity contribution is 0.208. The number of nitriles is 1. The van der Waals surface area contributed by atoms with Gasteiger partial charge in [0.25, 0.3) is 0 Å². The van der Waals surface area contributed by atoms with Crippen molar-refractivity contribution in [3.8, 4) is 6.07 Å². The second-order valence-electron chi connectivity index (χ2n) is 3.27. The summed E-state index contributed by atoms with van der Waals surface area (Å²) < 4.78 is 0. The van der Waals surface area contributed by atoms with E-state index in [2.05, 4.69) is 11.4 Å². The van der Waals surface area contributed by atoms with E-state index in [1.807, 2.05) is 24.3 Å². The molecule has 3 heteroatoms. The number of nitrogens with zero attached hydrogens (tertiary/aromatic N) is 1. The van der Waals surface area contributed by atoms with Crippen LogP contribution in [0.15, 0.2) is 24.3 Å². The Kier molecular flexibility index (Phi) is 3.96. The van der Waals surface area contributed by atoms with Crippen LogP contribution in [0, 0.1) is 11.3 Å². The maximum atomic E-state index is 9.07. The third kappa shape index (κ3) is 3.46. The Hall–Kier alpha value is -1.53. The van der Waals surface area contributed by atoms with E-state index in [9.17, 15) is 0 Å². The Labute approximate surface area is 84.0 Å². The first-order chi connectivity index (χ1) is 6.72. The summed E-state index contributed by atoms with van der Waals surface area (Å²) in [5, 5.41) is 20.7. The number of anilines is 1. The van der Waals surface area contributed by atoms with Crippen LogP contribution < -0.4 is 5.32 Å². The molecule has 0 saturated heterocycles. The van der Waals surface area contributed by atoms with E-state index in [0.29, 0.717) is 13.0 Å². The zero-order valence-corrected chi connectivity index (χ0v) is 8.20. The highest BCUT2D eigenvalue weighted by atomic mass is 16.3. The Balaban J connectivity index is 2.60. The van der Waals surface area contributed by atoms with Crippen LogP contribution in [0.1, 0.15) is 12.5 Å². The van der Waals surface area contributed by atoms with E-state index < -0.39 is 0 Å². The molecule has 1 atom stereocenters. The molecule has 0 radical (unpaired) electrons. The normalized spacial score (nSPS) is 11.8. The molecule has 0 heterocycles. The fourth-order valence-electron chi connectivity index (χ4n) is 1.15. The summed E-state index contributed by atoms with van der Waals surface area (Å²) in [7, 11) is 0. The highest BCUT2D eigenvalue weighted by molar-refractivity contribution is 5.46. The molecule has 0 aliphatic carbocycles. The summed E-state index contributed by atoms with van der Waals surface area (Å²) in [4.78, 5) is 0. The van der Waals surface area contributed by atoms with E-state index in [-0.39, 0.29) is 6.10 Å². The third-order valence-corrected chi connectivity index (χ3v) is 1.81. The zero-order valence-electron chi connectivity index (χ0n) is 8.20. The SMILES string of the molecule is C[C@@H](O)CNc1cccc(CC#N)c1. The van der Waals surface area contributed by atoms with Gasteiger partial charge in [-0.1, -0.05) is 12.1 Å². The third-order valence-electron chi connectivity index (χ3n) is 1.81. The molecule has 14 heavy (non-hydrogen) atoms. The quantitative estimate of drug-likeness (QED) is 0.757. The molecular weight excluding hydrogens is 176 g/mol. The molecule has 2 N–H and O–H groups in total. The van der Waals surface area contributed by atoms with Crippen LogP contribution in [0.4, 0.5) is 5.69 Å². The average Bonchev–Trinajstić information content (AvgIpc) is 2.16. The smallest absolute Gasteiger partial charge is 0.0684 e. The molecule has 0 unspecified atom stereocenters. The molecule has 0 spiro atoms. The van der Waals surface area contributed by atoms with Crippen LogP contribution in [-0.4, -0.2) is 17.8 Å². The molecule has 1 rings (SSSR count). The van der Waals surface area contributed by atoms with Crippen molar-refractivity contribution in [3.63, 3.8) is 0 Å². The fourth-order valence-corrected chi connectivity index (χ4v) is 1.15. The van der Waals surface area contributed by atoms with Crippen LogP contribution in [0.5, 0.6) is 0 Å². The molecule has 1 aromatic carbocycles. The first kappa shape index (κ1) is 10.6. The van der Waals surface area contributed by atoms with E-state index in [4.69, 9.17) is 10.4 Å². The van der Waals surface area contributed by atoms with Crippen molar-refractivity contribution in [2.24, 2.45) is 0 Å². The lowest BCUT2D eigenvalue weighted by Gasteiger charge is -2.08. The number of hydrogen-bond acceptors (Lipinski definition) is 3. The first-order valence-corrected chi connectivity index (χ1v) is 4.60. The number of nitrogens with one attached hydrogen (secondary N) is 1. The molecule has 0 saturated carbocycles. The minimum absolute atomic E-state index is 0.366. The summed E-state index contributed by atoms with van der Waals surface area (Å²) in [5.74, 6) is 0. The number of aliphatic hydroxyl groups excluding tert-OH is 1. The topological polar surface area (TPSA) is 56.0 Å². The van der Waals surface area contributed by atoms with Gasteiger partial charge in [-0.15, -0.1) is 0 Å². The van der Waals surface area contributed by atoms with Gasteiger partial charge in [-0.3, -0.25) is 0 Å². The Morgan fingerprint density at radius 1 is 1.57 bits per heavy atom. The molecule has 1 aromatic rings. The summed E-state index contributed by atoms with van der Waals surface area (Å²) >= 11 is 0. The minimum atomic E-state index is -0.366. The maximum absolute atomic E-state index is 9.07. The number of aliphatic hydroxyl groups is 1. The zero-order chi connectivity index (χ0) is 10.4. The van der Waals surface area contributed by atoms with Gasteiger partial charge in [0, 0.05) is 12.2 Å². The standard InChI is InChI=1S/C11H14N2O/c1-9(14)8-13-11-4-2-3-10(7-11)5-6-12/h2-4,7,9,13-14H,5,8H2,1H3/t9-/m1/s1. The van der Waals surface area contributed by atoms with Crippen molar-refractivity contribution < 1.29 is 5.11 Å². The van der Waals surface area contributed by atoms with Gasteiger partial charge in [-0.2, -0.15) is 5.26 Å². The van der Waals surface area contributed by atoms with Crippen LogP contribution >= 0.6 is 0 Å². The van der Waals surface area contributed by atoms with Gasteiger partial charge in [0.15, 0.2) is 0 Å². The lowest BCUT2D eigenvalue weighted by Crippen LogP contribution is -2.15. The molecule has 0 fully saturated rings. The summed E-state index contributed by atoms with van der Waals surface area (Å²) in [6.07, 6.45) is 0.0547. The van der Waals surface area contributed by atoms with Gasteiger partial charge in [0.05, 0.1) is 18.6 Å². The van der Waals surface area contributed by atoms with E-state index in [1.165, 1.54) is 0 Å². The van der Waals surface area contributed by atoms with Gasteiger partial charge in [0.1, 0.15) is 0 Å². The minimum Gasteiger partial charge on any atom is -0.392 e. The van der Waals surface area contributed by atoms with Crippen molar-refractivity contribution in [1.29, 1.82) is 5.26 Å². The predicted octanol–water partition coefficient (Wildman–Crippen LogP) is 1.55. The van der Waals surface area contributed by atoms with Crippen molar-refractivity contribution in [2.45, 2.75) is 19.4 Å². The number of rotatable bonds is 4. The molecule has 74 valence electrons. The Bertz CT molecular complexity index is 328. The summed E-state index contributed by atoms with van der Waals surface area (Å²) in [6.45, 7) is 2.25. The molecule has 0 bridgehead atoms. The van der Waals surface area contributed by atoms with Crippen molar-refractivity contribution in [1.82, 2.24) is 0 Å². The second kappa shape index (κ2) is 5.25. The summed E-state index contributed by atoms with van der Waals surface area (Å²) in [6, 6.07) is 9.75. The van der Waals surface area contributed by atoms with Gasteiger partial charge in [-0.05, 0) is 24.6 Å². The van der Waals surface area contributed by atoms with Gasteiger partial charge < -0.3 is 10.4 Å². The molecule has 3 nitrogen and oxygen atoms in total. The van der Waals surface area contributed by atoms with Crippen LogP contribution in [0.2, 0.25) is 0 Å². The fraction of sp³-hybridized carbons (Fsp3) is 0.364. The molecule has 0 aromatic heterocycles. The molecule has 0 aliphatic heterocycles. The Morgan fingerprint density at radius 2 is 2.36 bits per heavy atom. The predicted molar refractivity (Wildman–Crippen MR) is 55.9 cm³/mol. The van der Waals surface area contributed by atoms with Gasteiger partial charge in [-0.25, -0.2) is 0 Å². The number of benzene rings is 1. The van der Waals surface area contributed by atoms with Crippen LogP contribution in [0.3, 0.4) is 0 Å². The lowest BCUT2D eigenvalue weighted by atomic mass is 10.1. The van der Waals surface area contributed by atoms with E-state index in [0.717, 1.165) is 11.3 Å². The highest BCUT2D eigenvalue weighted by Crippen LogP contribution is 2.10. The van der Waals surface area contributed by atoms with Crippen molar-refractivity contribution in [2.75, 3.05) is 11.9 Å². The number of hydrogen-bond donors (Lipinski definition) is 2. The van der Waals surface area contributed by atoms with Gasteiger partial charge in [0.2, 0.25) is 0 Å². The molecule has 0 aliphatic rings. The molecule has 0 amide bonds. The maximum Gasteiger partial charge on any atom is 0.0684 e. The van der Waals surface area contributed by atoms with Crippen LogP contribution in [-0.2, 0) is 6.42 Å².